The van der Waals surface area contributed by atoms with E-state index in [1.807, 2.05) is 42.5 Å². The lowest BCUT2D eigenvalue weighted by atomic mass is 10.00. The van der Waals surface area contributed by atoms with E-state index in [0.717, 1.165) is 23.1 Å². The van der Waals surface area contributed by atoms with Crippen molar-refractivity contribution >= 4 is 17.6 Å². The van der Waals surface area contributed by atoms with Crippen LogP contribution in [0.1, 0.15) is 40.4 Å². The molecule has 0 aliphatic carbocycles. The number of benzene rings is 3. The van der Waals surface area contributed by atoms with E-state index in [2.05, 4.69) is 5.32 Å². The maximum absolute atomic E-state index is 13.0. The van der Waals surface area contributed by atoms with Crippen molar-refractivity contribution in [1.29, 1.82) is 0 Å². The van der Waals surface area contributed by atoms with Crippen LogP contribution in [0, 0.1) is 0 Å². The number of rotatable bonds is 10. The first-order valence-corrected chi connectivity index (χ1v) is 11.1. The summed E-state index contributed by atoms with van der Waals surface area (Å²) < 4.78 is 5.18. The number of amides is 1. The number of nitrogens with two attached hydrogens (primary N) is 1. The van der Waals surface area contributed by atoms with Crippen LogP contribution in [0.2, 0.25) is 0 Å². The van der Waals surface area contributed by atoms with Crippen LogP contribution in [0.5, 0.6) is 5.75 Å². The van der Waals surface area contributed by atoms with Crippen molar-refractivity contribution in [2.75, 3.05) is 12.3 Å². The van der Waals surface area contributed by atoms with E-state index in [-0.39, 0.29) is 18.3 Å². The molecule has 0 heterocycles. The van der Waals surface area contributed by atoms with Gasteiger partial charge in [0.15, 0.2) is 0 Å². The minimum absolute atomic E-state index is 0.223. The predicted molar refractivity (Wildman–Crippen MR) is 129 cm³/mol. The molecule has 0 bridgehead atoms. The number of esters is 1. The number of nitrogens with one attached hydrogen (secondary N) is 1. The molecule has 0 saturated heterocycles. The molecule has 3 aromatic carbocycles. The average molecular weight is 447 g/mol. The summed E-state index contributed by atoms with van der Waals surface area (Å²) in [6.07, 6.45) is 2.45. The minimum Gasteiger partial charge on any atom is -0.508 e. The molecule has 1 atom stereocenters. The Morgan fingerprint density at radius 1 is 0.939 bits per heavy atom. The third-order valence-corrected chi connectivity index (χ3v) is 5.47. The highest BCUT2D eigenvalue weighted by atomic mass is 16.5. The van der Waals surface area contributed by atoms with Gasteiger partial charge in [0.2, 0.25) is 0 Å². The third-order valence-electron chi connectivity index (χ3n) is 5.47. The summed E-state index contributed by atoms with van der Waals surface area (Å²) in [5.41, 5.74) is 10.2. The fourth-order valence-electron chi connectivity index (χ4n) is 3.59. The van der Waals surface area contributed by atoms with Crippen molar-refractivity contribution in [3.05, 3.63) is 95.1 Å². The maximum Gasteiger partial charge on any atom is 0.328 e. The smallest absolute Gasteiger partial charge is 0.328 e. The van der Waals surface area contributed by atoms with E-state index in [1.165, 1.54) is 0 Å². The van der Waals surface area contributed by atoms with Gasteiger partial charge in [-0.3, -0.25) is 4.79 Å². The van der Waals surface area contributed by atoms with E-state index in [4.69, 9.17) is 10.5 Å². The van der Waals surface area contributed by atoms with Gasteiger partial charge in [-0.15, -0.1) is 0 Å². The Labute approximate surface area is 194 Å². The third kappa shape index (κ3) is 7.10. The van der Waals surface area contributed by atoms with Crippen LogP contribution in [0.3, 0.4) is 0 Å². The van der Waals surface area contributed by atoms with Crippen molar-refractivity contribution in [2.45, 2.75) is 38.6 Å². The highest BCUT2D eigenvalue weighted by Gasteiger charge is 2.23. The second-order valence-corrected chi connectivity index (χ2v) is 7.88. The number of carbonyl (C=O) groups is 2. The molecule has 0 aliphatic heterocycles. The topological polar surface area (TPSA) is 102 Å². The molecule has 1 amide bonds. The Hall–Kier alpha value is -3.80. The quantitative estimate of drug-likeness (QED) is 0.322. The average Bonchev–Trinajstić information content (AvgIpc) is 2.83. The highest BCUT2D eigenvalue weighted by Crippen LogP contribution is 2.19. The van der Waals surface area contributed by atoms with Crippen LogP contribution in [0.4, 0.5) is 5.69 Å². The minimum atomic E-state index is -0.740. The molecule has 3 rings (SSSR count). The van der Waals surface area contributed by atoms with Crippen molar-refractivity contribution in [3.8, 4) is 5.75 Å². The van der Waals surface area contributed by atoms with Gasteiger partial charge in [-0.1, -0.05) is 42.5 Å². The van der Waals surface area contributed by atoms with Gasteiger partial charge in [-0.25, -0.2) is 4.79 Å². The van der Waals surface area contributed by atoms with Gasteiger partial charge in [0.1, 0.15) is 11.8 Å². The molecule has 6 nitrogen and oxygen atoms in total. The number of aryl methyl sites for hydroxylation is 3. The second-order valence-electron chi connectivity index (χ2n) is 7.88. The zero-order valence-electron chi connectivity index (χ0n) is 18.8. The van der Waals surface area contributed by atoms with Gasteiger partial charge in [-0.05, 0) is 79.6 Å². The van der Waals surface area contributed by atoms with Gasteiger partial charge in [0.05, 0.1) is 6.61 Å². The van der Waals surface area contributed by atoms with Crippen molar-refractivity contribution in [2.24, 2.45) is 0 Å². The molecule has 33 heavy (non-hydrogen) atoms. The lowest BCUT2D eigenvalue weighted by Gasteiger charge is -2.18. The van der Waals surface area contributed by atoms with E-state index >= 15 is 0 Å². The Balaban J connectivity index is 1.68. The molecule has 0 spiro atoms. The summed E-state index contributed by atoms with van der Waals surface area (Å²) in [5, 5.41) is 12.3. The zero-order valence-corrected chi connectivity index (χ0v) is 18.8. The number of phenolic OH excluding ortho intramolecular Hbond substituents is 1. The van der Waals surface area contributed by atoms with E-state index < -0.39 is 12.0 Å². The lowest BCUT2D eigenvalue weighted by Crippen LogP contribution is -2.42. The van der Waals surface area contributed by atoms with Crippen LogP contribution in [-0.4, -0.2) is 29.6 Å². The number of carbonyl (C=O) groups excluding carboxylic acids is 2. The van der Waals surface area contributed by atoms with Crippen LogP contribution < -0.4 is 11.1 Å². The molecule has 0 radical (unpaired) electrons. The van der Waals surface area contributed by atoms with E-state index in [0.29, 0.717) is 30.5 Å². The largest absolute Gasteiger partial charge is 0.508 e. The second kappa shape index (κ2) is 11.7. The van der Waals surface area contributed by atoms with Crippen LogP contribution in [0.25, 0.3) is 0 Å². The number of nitrogen functional groups attached to an aromatic ring is 1. The van der Waals surface area contributed by atoms with Crippen molar-refractivity contribution < 1.29 is 19.4 Å². The Morgan fingerprint density at radius 3 is 2.33 bits per heavy atom. The molecule has 0 fully saturated rings. The van der Waals surface area contributed by atoms with Gasteiger partial charge in [0, 0.05) is 11.3 Å². The first-order chi connectivity index (χ1) is 16.0. The first-order valence-electron chi connectivity index (χ1n) is 11.1. The number of hydrogen-bond acceptors (Lipinski definition) is 5. The fourth-order valence-corrected chi connectivity index (χ4v) is 3.59. The van der Waals surface area contributed by atoms with Gasteiger partial charge < -0.3 is 20.9 Å². The molecule has 3 aromatic rings. The van der Waals surface area contributed by atoms with Gasteiger partial charge in [0.25, 0.3) is 5.91 Å². The number of aromatic hydroxyl groups is 1. The van der Waals surface area contributed by atoms with Crippen LogP contribution >= 0.6 is 0 Å². The number of anilines is 1. The Kier molecular flexibility index (Phi) is 8.47. The van der Waals surface area contributed by atoms with E-state index in [1.54, 1.807) is 37.3 Å². The van der Waals surface area contributed by atoms with Crippen LogP contribution in [0.15, 0.2) is 72.8 Å². The summed E-state index contributed by atoms with van der Waals surface area (Å²) in [6, 6.07) is 21.2. The van der Waals surface area contributed by atoms with Crippen molar-refractivity contribution in [3.63, 3.8) is 0 Å². The molecule has 4 N–H and O–H groups in total. The summed E-state index contributed by atoms with van der Waals surface area (Å²) in [6.45, 7) is 1.99. The number of phenols is 1. The fraction of sp³-hybridized carbons (Fsp3) is 0.259. The molecule has 0 aliphatic rings. The van der Waals surface area contributed by atoms with Crippen LogP contribution in [-0.2, 0) is 28.8 Å². The molecule has 172 valence electrons. The summed E-state index contributed by atoms with van der Waals surface area (Å²) in [7, 11) is 0. The molecule has 0 saturated carbocycles. The zero-order chi connectivity index (χ0) is 23.6. The molecule has 0 unspecified atom stereocenters. The highest BCUT2D eigenvalue weighted by molar-refractivity contribution is 5.97. The van der Waals surface area contributed by atoms with Gasteiger partial charge >= 0.3 is 5.97 Å². The number of hydrogen-bond donors (Lipinski definition) is 3. The predicted octanol–water partition coefficient (Wildman–Crippen LogP) is 4.05. The van der Waals surface area contributed by atoms with Gasteiger partial charge in [-0.2, -0.15) is 0 Å². The summed E-state index contributed by atoms with van der Waals surface area (Å²) in [5.74, 6) is -0.558. The normalized spacial score (nSPS) is 11.5. The summed E-state index contributed by atoms with van der Waals surface area (Å²) in [4.78, 5) is 25.4. The first kappa shape index (κ1) is 23.9. The Bertz CT molecular complexity index is 1070. The monoisotopic (exact) mass is 446 g/mol. The van der Waals surface area contributed by atoms with Crippen molar-refractivity contribution in [1.82, 2.24) is 5.32 Å². The number of ether oxygens (including phenoxy) is 1. The molecule has 6 heteroatoms. The molecular formula is C27H30N2O4. The Morgan fingerprint density at radius 2 is 1.64 bits per heavy atom. The molecular weight excluding hydrogens is 416 g/mol. The van der Waals surface area contributed by atoms with E-state index in [9.17, 15) is 14.7 Å². The standard InChI is InChI=1S/C27H30N2O4/c1-2-33-27(32)25(17-11-19-6-4-3-5-7-19)29-26(31)22-13-16-24(28)21(18-22)12-8-20-9-14-23(30)15-10-20/h3-7,9-10,13-16,18,25,30H,2,8,11-12,17,28H2,1H3,(H,29,31)/t25-/m0/s1. The SMILES string of the molecule is CCOC(=O)[C@H](CCc1ccccc1)NC(=O)c1ccc(N)c(CCc2ccc(O)cc2)c1. The lowest BCUT2D eigenvalue weighted by molar-refractivity contribution is -0.145. The molecule has 0 aromatic heterocycles. The maximum atomic E-state index is 13.0. The summed E-state index contributed by atoms with van der Waals surface area (Å²) >= 11 is 0.